The number of rotatable bonds is 8. The first-order chi connectivity index (χ1) is 19.2. The summed E-state index contributed by atoms with van der Waals surface area (Å²) in [6, 6.07) is 5.36. The van der Waals surface area contributed by atoms with Crippen molar-refractivity contribution in [2.45, 2.75) is 37.9 Å². The topological polar surface area (TPSA) is 117 Å². The first-order valence-electron chi connectivity index (χ1n) is 12.9. The van der Waals surface area contributed by atoms with Crippen LogP contribution in [0.4, 0.5) is 5.82 Å². The molecule has 1 aliphatic heterocycles. The Balaban J connectivity index is 1.08. The Morgan fingerprint density at radius 3 is 2.60 bits per heavy atom. The maximum atomic E-state index is 13.3. The van der Waals surface area contributed by atoms with Crippen LogP contribution in [0.3, 0.4) is 0 Å². The third kappa shape index (κ3) is 5.31. The SMILES string of the molecule is Cc1cc(-c2ccc(S(=O)(=O)N3CCN(CC(C)Nc4ncnc5c(-c6sc(C)nc6C)csc45)CC3)s2)on1. The summed E-state index contributed by atoms with van der Waals surface area (Å²) in [6.07, 6.45) is 1.61. The van der Waals surface area contributed by atoms with Crippen molar-refractivity contribution < 1.29 is 12.9 Å². The molecule has 0 amide bonds. The second kappa shape index (κ2) is 10.9. The molecule has 0 radical (unpaired) electrons. The smallest absolute Gasteiger partial charge is 0.252 e. The summed E-state index contributed by atoms with van der Waals surface area (Å²) in [5, 5.41) is 10.6. The highest BCUT2D eigenvalue weighted by molar-refractivity contribution is 7.91. The van der Waals surface area contributed by atoms with Gasteiger partial charge in [0.1, 0.15) is 16.4 Å². The summed E-state index contributed by atoms with van der Waals surface area (Å²) in [4.78, 5) is 17.9. The standard InChI is InChI=1S/C26H29N7O3S4/c1-15-11-20(36-31-15)21-5-6-22(39-21)40(34,35)33-9-7-32(8-10-33)12-16(2)29-26-25-23(27-14-28-26)19(13-37-25)24-17(3)30-18(4)38-24/h5-6,11,13-14,16H,7-10,12H2,1-4H3,(H,27,28,29). The number of nitrogens with zero attached hydrogens (tertiary/aromatic N) is 6. The monoisotopic (exact) mass is 615 g/mol. The van der Waals surface area contributed by atoms with E-state index >= 15 is 0 Å². The van der Waals surface area contributed by atoms with Crippen LogP contribution in [-0.2, 0) is 10.0 Å². The molecule has 1 saturated heterocycles. The third-order valence-corrected chi connectivity index (χ3v) is 12.3. The lowest BCUT2D eigenvalue weighted by atomic mass is 10.2. The zero-order chi connectivity index (χ0) is 28.0. The number of thiophene rings is 2. The van der Waals surface area contributed by atoms with Crippen LogP contribution in [0.2, 0.25) is 0 Å². The predicted molar refractivity (Wildman–Crippen MR) is 161 cm³/mol. The molecule has 40 heavy (non-hydrogen) atoms. The number of hydrogen-bond acceptors (Lipinski definition) is 12. The fraction of sp³-hybridized carbons (Fsp3) is 0.385. The van der Waals surface area contributed by atoms with Gasteiger partial charge in [0.25, 0.3) is 10.0 Å². The van der Waals surface area contributed by atoms with Crippen molar-refractivity contribution in [2.24, 2.45) is 0 Å². The number of thiazole rings is 1. The highest BCUT2D eigenvalue weighted by atomic mass is 32.2. The molecule has 1 aliphatic rings. The van der Waals surface area contributed by atoms with Gasteiger partial charge in [-0.05, 0) is 39.8 Å². The number of sulfonamides is 1. The molecule has 0 spiro atoms. The Hall–Kier alpha value is -2.75. The lowest BCUT2D eigenvalue weighted by Crippen LogP contribution is -2.50. The Morgan fingerprint density at radius 2 is 1.90 bits per heavy atom. The predicted octanol–water partition coefficient (Wildman–Crippen LogP) is 5.26. The van der Waals surface area contributed by atoms with Crippen LogP contribution in [0.25, 0.3) is 31.3 Å². The van der Waals surface area contributed by atoms with Gasteiger partial charge in [0, 0.05) is 55.8 Å². The molecular weight excluding hydrogens is 587 g/mol. The fourth-order valence-corrected chi connectivity index (χ4v) is 9.72. The van der Waals surface area contributed by atoms with Gasteiger partial charge in [0.15, 0.2) is 5.76 Å². The molecule has 14 heteroatoms. The van der Waals surface area contributed by atoms with Crippen LogP contribution in [0, 0.1) is 20.8 Å². The van der Waals surface area contributed by atoms with Crippen molar-refractivity contribution in [3.05, 3.63) is 46.3 Å². The fourth-order valence-electron chi connectivity index (χ4n) is 4.91. The van der Waals surface area contributed by atoms with Crippen LogP contribution in [0.5, 0.6) is 0 Å². The van der Waals surface area contributed by atoms with E-state index in [1.54, 1.807) is 45.4 Å². The van der Waals surface area contributed by atoms with Gasteiger partial charge in [-0.1, -0.05) is 5.16 Å². The molecule has 6 heterocycles. The molecule has 0 bridgehead atoms. The number of aryl methyl sites for hydroxylation is 3. The molecule has 1 N–H and O–H groups in total. The number of nitrogens with one attached hydrogen (secondary N) is 1. The van der Waals surface area contributed by atoms with Crippen molar-refractivity contribution >= 4 is 60.1 Å². The minimum atomic E-state index is -3.56. The van der Waals surface area contributed by atoms with Crippen LogP contribution >= 0.6 is 34.0 Å². The second-order valence-corrected chi connectivity index (χ2v) is 15.2. The van der Waals surface area contributed by atoms with Crippen molar-refractivity contribution in [3.8, 4) is 21.1 Å². The number of anilines is 1. The number of fused-ring (bicyclic) bond motifs is 1. The highest BCUT2D eigenvalue weighted by Crippen LogP contribution is 2.39. The molecule has 5 aromatic heterocycles. The number of piperazine rings is 1. The van der Waals surface area contributed by atoms with Gasteiger partial charge in [0.2, 0.25) is 0 Å². The van der Waals surface area contributed by atoms with Gasteiger partial charge < -0.3 is 9.84 Å². The Labute approximate surface area is 244 Å². The van der Waals surface area contributed by atoms with E-state index in [1.165, 1.54) is 11.3 Å². The molecule has 6 rings (SSSR count). The first kappa shape index (κ1) is 27.4. The van der Waals surface area contributed by atoms with E-state index in [0.717, 1.165) is 54.3 Å². The summed E-state index contributed by atoms with van der Waals surface area (Å²) in [6.45, 7) is 11.0. The summed E-state index contributed by atoms with van der Waals surface area (Å²) in [5.74, 6) is 1.41. The van der Waals surface area contributed by atoms with E-state index in [-0.39, 0.29) is 6.04 Å². The molecule has 0 saturated carbocycles. The van der Waals surface area contributed by atoms with Gasteiger partial charge in [-0.2, -0.15) is 4.31 Å². The van der Waals surface area contributed by atoms with E-state index in [1.807, 2.05) is 26.8 Å². The zero-order valence-electron chi connectivity index (χ0n) is 22.5. The van der Waals surface area contributed by atoms with Crippen LogP contribution < -0.4 is 5.32 Å². The number of aromatic nitrogens is 4. The first-order valence-corrected chi connectivity index (χ1v) is 16.8. The van der Waals surface area contributed by atoms with Crippen molar-refractivity contribution in [2.75, 3.05) is 38.0 Å². The van der Waals surface area contributed by atoms with Crippen LogP contribution in [-0.4, -0.2) is 76.5 Å². The van der Waals surface area contributed by atoms with E-state index in [0.29, 0.717) is 36.1 Å². The molecule has 210 valence electrons. The molecule has 1 fully saturated rings. The van der Waals surface area contributed by atoms with Gasteiger partial charge in [0.05, 0.1) is 36.4 Å². The maximum absolute atomic E-state index is 13.3. The van der Waals surface area contributed by atoms with Crippen LogP contribution in [0.15, 0.2) is 38.6 Å². The summed E-state index contributed by atoms with van der Waals surface area (Å²) in [7, 11) is -3.56. The highest BCUT2D eigenvalue weighted by Gasteiger charge is 2.30. The van der Waals surface area contributed by atoms with Gasteiger partial charge >= 0.3 is 0 Å². The minimum absolute atomic E-state index is 0.115. The Kier molecular flexibility index (Phi) is 7.48. The maximum Gasteiger partial charge on any atom is 0.252 e. The summed E-state index contributed by atoms with van der Waals surface area (Å²) < 4.78 is 34.8. The van der Waals surface area contributed by atoms with Gasteiger partial charge in [-0.25, -0.2) is 23.4 Å². The lowest BCUT2D eigenvalue weighted by molar-refractivity contribution is 0.184. The van der Waals surface area contributed by atoms with Gasteiger partial charge in [-0.15, -0.1) is 34.0 Å². The average Bonchev–Trinajstić information content (AvgIpc) is 3.71. The second-order valence-electron chi connectivity index (χ2n) is 9.90. The Morgan fingerprint density at radius 1 is 1.10 bits per heavy atom. The van der Waals surface area contributed by atoms with Crippen molar-refractivity contribution in [3.63, 3.8) is 0 Å². The molecule has 10 nitrogen and oxygen atoms in total. The lowest BCUT2D eigenvalue weighted by Gasteiger charge is -2.35. The quantitative estimate of drug-likeness (QED) is 0.249. The van der Waals surface area contributed by atoms with E-state index in [2.05, 4.69) is 42.6 Å². The molecule has 1 atom stereocenters. The summed E-state index contributed by atoms with van der Waals surface area (Å²) >= 11 is 4.54. The van der Waals surface area contributed by atoms with Gasteiger partial charge in [-0.3, -0.25) is 4.90 Å². The molecule has 1 unspecified atom stereocenters. The van der Waals surface area contributed by atoms with E-state index in [9.17, 15) is 8.42 Å². The summed E-state index contributed by atoms with van der Waals surface area (Å²) in [5.41, 5.74) is 3.83. The van der Waals surface area contributed by atoms with Crippen molar-refractivity contribution in [1.29, 1.82) is 0 Å². The van der Waals surface area contributed by atoms with E-state index < -0.39 is 10.0 Å². The Bertz CT molecular complexity index is 1760. The average molecular weight is 616 g/mol. The van der Waals surface area contributed by atoms with E-state index in [4.69, 9.17) is 4.52 Å². The molecule has 0 aliphatic carbocycles. The largest absolute Gasteiger partial charge is 0.365 e. The van der Waals surface area contributed by atoms with Crippen molar-refractivity contribution in [1.82, 2.24) is 29.3 Å². The third-order valence-electron chi connectivity index (χ3n) is 6.79. The molecular formula is C26H29N7O3S4. The molecule has 5 aromatic rings. The molecule has 0 aromatic carbocycles. The zero-order valence-corrected chi connectivity index (χ0v) is 25.8. The minimum Gasteiger partial charge on any atom is -0.365 e. The van der Waals surface area contributed by atoms with Crippen LogP contribution in [0.1, 0.15) is 23.3 Å². The number of hydrogen-bond donors (Lipinski definition) is 1. The normalized spacial score (nSPS) is 16.1.